The summed E-state index contributed by atoms with van der Waals surface area (Å²) >= 11 is 0. The van der Waals surface area contributed by atoms with Crippen molar-refractivity contribution in [2.24, 2.45) is 0 Å². The number of aromatic nitrogens is 2. The highest BCUT2D eigenvalue weighted by Gasteiger charge is 2.23. The fourth-order valence-electron chi connectivity index (χ4n) is 6.32. The van der Waals surface area contributed by atoms with E-state index in [1.807, 2.05) is 80.6 Å². The lowest BCUT2D eigenvalue weighted by atomic mass is 9.93. The van der Waals surface area contributed by atoms with Gasteiger partial charge in [0.1, 0.15) is 23.7 Å². The first-order chi connectivity index (χ1) is 24.6. The standard InChI is InChI=1S/C43H51N5O3/c1-8-47(28-32-15-10-9-11-16-32)25-26-51-34-18-12-17-33(27-34)38-37-21-14-23-44-41(37)48(24-22-29(2)3)42(49)40(38)46-43(50)45-39-35(30(4)5)19-13-20-36(39)31(6)7/h9-23,27,30-31H,8,24-26,28H2,1-7H3,(H2,45,46,50). The molecule has 0 saturated heterocycles. The number of fused-ring (bicyclic) bond motifs is 1. The van der Waals surface area contributed by atoms with Gasteiger partial charge in [-0.2, -0.15) is 0 Å². The van der Waals surface area contributed by atoms with Crippen molar-refractivity contribution < 1.29 is 9.53 Å². The second kappa shape index (κ2) is 17.1. The summed E-state index contributed by atoms with van der Waals surface area (Å²) in [5, 5.41) is 6.89. The van der Waals surface area contributed by atoms with Crippen LogP contribution in [0.25, 0.3) is 22.2 Å². The van der Waals surface area contributed by atoms with Crippen LogP contribution < -0.4 is 20.9 Å². The van der Waals surface area contributed by atoms with Gasteiger partial charge in [0.05, 0.1) is 0 Å². The van der Waals surface area contributed by atoms with Crippen LogP contribution in [0.4, 0.5) is 16.2 Å². The number of benzene rings is 3. The normalized spacial score (nSPS) is 11.3. The highest BCUT2D eigenvalue weighted by molar-refractivity contribution is 6.07. The molecule has 8 nitrogen and oxygen atoms in total. The van der Waals surface area contributed by atoms with Crippen LogP contribution in [-0.2, 0) is 13.1 Å². The number of anilines is 2. The van der Waals surface area contributed by atoms with E-state index in [2.05, 4.69) is 79.4 Å². The van der Waals surface area contributed by atoms with Gasteiger partial charge in [0, 0.05) is 42.5 Å². The van der Waals surface area contributed by atoms with E-state index < -0.39 is 6.03 Å². The maximum absolute atomic E-state index is 14.5. The number of amides is 2. The molecule has 2 amide bonds. The Hall–Kier alpha value is -5.21. The molecule has 5 rings (SSSR count). The molecule has 0 aliphatic heterocycles. The Labute approximate surface area is 302 Å². The van der Waals surface area contributed by atoms with Crippen LogP contribution in [-0.4, -0.2) is 40.2 Å². The third kappa shape index (κ3) is 9.13. The van der Waals surface area contributed by atoms with E-state index >= 15 is 0 Å². The number of carbonyl (C=O) groups is 1. The number of urea groups is 1. The van der Waals surface area contributed by atoms with Gasteiger partial charge in [-0.1, -0.05) is 107 Å². The molecule has 0 spiro atoms. The number of likely N-dealkylation sites (N-methyl/N-ethyl adjacent to an activating group) is 1. The summed E-state index contributed by atoms with van der Waals surface area (Å²) in [5.74, 6) is 1.05. The van der Waals surface area contributed by atoms with Crippen molar-refractivity contribution in [3.05, 3.63) is 130 Å². The molecule has 5 aromatic rings. The molecule has 0 aliphatic rings. The Kier molecular flexibility index (Phi) is 12.5. The smallest absolute Gasteiger partial charge is 0.323 e. The number of carbonyl (C=O) groups excluding carboxylic acids is 1. The van der Waals surface area contributed by atoms with E-state index in [-0.39, 0.29) is 23.1 Å². The molecular formula is C43H51N5O3. The fraction of sp³-hybridized carbons (Fsp3) is 0.326. The van der Waals surface area contributed by atoms with Gasteiger partial charge in [-0.15, -0.1) is 0 Å². The summed E-state index contributed by atoms with van der Waals surface area (Å²) in [6.45, 7) is 17.9. The SMILES string of the molecule is CCN(CCOc1cccc(-c2c(NC(=O)Nc3c(C(C)C)cccc3C(C)C)c(=O)n(CC=C(C)C)c3ncccc23)c1)Cc1ccccc1. The maximum atomic E-state index is 14.5. The number of pyridine rings is 2. The second-order valence-electron chi connectivity index (χ2n) is 13.8. The van der Waals surface area contributed by atoms with Crippen molar-refractivity contribution in [3.8, 4) is 16.9 Å². The molecule has 0 unspecified atom stereocenters. The van der Waals surface area contributed by atoms with Gasteiger partial charge in [0.15, 0.2) is 0 Å². The second-order valence-corrected chi connectivity index (χ2v) is 13.8. The first-order valence-electron chi connectivity index (χ1n) is 17.9. The number of rotatable bonds is 14. The molecule has 2 N–H and O–H groups in total. The monoisotopic (exact) mass is 685 g/mol. The van der Waals surface area contributed by atoms with Gasteiger partial charge < -0.3 is 15.4 Å². The van der Waals surface area contributed by atoms with Crippen molar-refractivity contribution in [2.75, 3.05) is 30.3 Å². The zero-order valence-electron chi connectivity index (χ0n) is 31.0. The molecule has 51 heavy (non-hydrogen) atoms. The summed E-state index contributed by atoms with van der Waals surface area (Å²) in [5.41, 5.74) is 6.91. The summed E-state index contributed by atoms with van der Waals surface area (Å²) in [6.07, 6.45) is 3.67. The van der Waals surface area contributed by atoms with E-state index in [0.717, 1.165) is 53.0 Å². The Balaban J connectivity index is 1.53. The number of allylic oxidation sites excluding steroid dienone is 2. The van der Waals surface area contributed by atoms with Crippen molar-refractivity contribution in [1.29, 1.82) is 0 Å². The van der Waals surface area contributed by atoms with Crippen molar-refractivity contribution in [1.82, 2.24) is 14.5 Å². The number of ether oxygens (including phenoxy) is 1. The topological polar surface area (TPSA) is 88.5 Å². The van der Waals surface area contributed by atoms with Gasteiger partial charge in [-0.3, -0.25) is 14.3 Å². The highest BCUT2D eigenvalue weighted by Crippen LogP contribution is 2.36. The minimum Gasteiger partial charge on any atom is -0.492 e. The molecule has 8 heteroatoms. The predicted octanol–water partition coefficient (Wildman–Crippen LogP) is 9.82. The lowest BCUT2D eigenvalue weighted by Crippen LogP contribution is -2.30. The van der Waals surface area contributed by atoms with Crippen molar-refractivity contribution in [2.45, 2.75) is 73.4 Å². The van der Waals surface area contributed by atoms with Crippen LogP contribution in [0.1, 0.15) is 77.0 Å². The Morgan fingerprint density at radius 2 is 1.57 bits per heavy atom. The van der Waals surface area contributed by atoms with Gasteiger partial charge >= 0.3 is 6.03 Å². The quantitative estimate of drug-likeness (QED) is 0.114. The van der Waals surface area contributed by atoms with Gasteiger partial charge in [0.2, 0.25) is 0 Å². The molecule has 3 aromatic carbocycles. The van der Waals surface area contributed by atoms with Crippen molar-refractivity contribution in [3.63, 3.8) is 0 Å². The Bertz CT molecular complexity index is 2020. The summed E-state index contributed by atoms with van der Waals surface area (Å²) in [4.78, 5) is 35.4. The molecule has 0 fully saturated rings. The lowest BCUT2D eigenvalue weighted by molar-refractivity contribution is 0.210. The fourth-order valence-corrected chi connectivity index (χ4v) is 6.32. The molecule has 0 radical (unpaired) electrons. The predicted molar refractivity (Wildman–Crippen MR) is 211 cm³/mol. The Morgan fingerprint density at radius 1 is 0.882 bits per heavy atom. The zero-order valence-corrected chi connectivity index (χ0v) is 31.0. The third-order valence-electron chi connectivity index (χ3n) is 9.05. The maximum Gasteiger partial charge on any atom is 0.323 e. The largest absolute Gasteiger partial charge is 0.492 e. The minimum atomic E-state index is -0.481. The van der Waals surface area contributed by atoms with Crippen LogP contribution >= 0.6 is 0 Å². The molecule has 2 aromatic heterocycles. The van der Waals surface area contributed by atoms with Gasteiger partial charge in [-0.05, 0) is 78.7 Å². The summed E-state index contributed by atoms with van der Waals surface area (Å²) in [7, 11) is 0. The first kappa shape index (κ1) is 37.1. The van der Waals surface area contributed by atoms with E-state index in [1.54, 1.807) is 10.8 Å². The molecular weight excluding hydrogens is 635 g/mol. The highest BCUT2D eigenvalue weighted by atomic mass is 16.5. The van der Waals surface area contributed by atoms with Gasteiger partial charge in [0.25, 0.3) is 5.56 Å². The number of hydrogen-bond acceptors (Lipinski definition) is 5. The van der Waals surface area contributed by atoms with Gasteiger partial charge in [-0.25, -0.2) is 9.78 Å². The molecule has 0 atom stereocenters. The molecule has 0 saturated carbocycles. The van der Waals surface area contributed by atoms with E-state index in [1.165, 1.54) is 5.56 Å². The van der Waals surface area contributed by atoms with E-state index in [0.29, 0.717) is 30.1 Å². The number of nitrogens with one attached hydrogen (secondary N) is 2. The van der Waals surface area contributed by atoms with Crippen LogP contribution in [0.5, 0.6) is 5.75 Å². The van der Waals surface area contributed by atoms with Crippen LogP contribution in [0.2, 0.25) is 0 Å². The average Bonchev–Trinajstić information content (AvgIpc) is 3.11. The number of nitrogens with zero attached hydrogens (tertiary/aromatic N) is 3. The summed E-state index contributed by atoms with van der Waals surface area (Å²) < 4.78 is 7.91. The molecule has 2 heterocycles. The van der Waals surface area contributed by atoms with E-state index in [4.69, 9.17) is 4.74 Å². The van der Waals surface area contributed by atoms with E-state index in [9.17, 15) is 9.59 Å². The molecule has 266 valence electrons. The minimum absolute atomic E-state index is 0.181. The lowest BCUT2D eigenvalue weighted by Gasteiger charge is -2.22. The zero-order chi connectivity index (χ0) is 36.5. The van der Waals surface area contributed by atoms with Crippen molar-refractivity contribution >= 4 is 28.4 Å². The Morgan fingerprint density at radius 3 is 2.24 bits per heavy atom. The number of para-hydroxylation sites is 1. The third-order valence-corrected chi connectivity index (χ3v) is 9.05. The van der Waals surface area contributed by atoms with Crippen LogP contribution in [0.3, 0.4) is 0 Å². The average molecular weight is 686 g/mol. The van der Waals surface area contributed by atoms with Crippen LogP contribution in [0, 0.1) is 0 Å². The number of hydrogen-bond donors (Lipinski definition) is 2. The van der Waals surface area contributed by atoms with Crippen LogP contribution in [0.15, 0.2) is 108 Å². The first-order valence-corrected chi connectivity index (χ1v) is 17.9. The molecule has 0 bridgehead atoms. The summed E-state index contributed by atoms with van der Waals surface area (Å²) in [6, 6.07) is 27.6. The molecule has 0 aliphatic carbocycles.